The molecule has 0 unspecified atom stereocenters. The maximum atomic E-state index is 8.96. The lowest BCUT2D eigenvalue weighted by Crippen LogP contribution is -2.29. The fraction of sp³-hybridized carbons (Fsp3) is 0.588. The van der Waals surface area contributed by atoms with Crippen LogP contribution in [-0.2, 0) is 6.42 Å². The molecule has 0 atom stereocenters. The van der Waals surface area contributed by atoms with Gasteiger partial charge in [-0.3, -0.25) is 0 Å². The van der Waals surface area contributed by atoms with Gasteiger partial charge in [0.15, 0.2) is 0 Å². The summed E-state index contributed by atoms with van der Waals surface area (Å²) in [6, 6.07) is 9.06. The van der Waals surface area contributed by atoms with Crippen molar-refractivity contribution < 1.29 is 0 Å². The predicted octanol–water partition coefficient (Wildman–Crippen LogP) is 3.80. The van der Waals surface area contributed by atoms with E-state index < -0.39 is 0 Å². The first-order valence-electron chi connectivity index (χ1n) is 7.07. The highest BCUT2D eigenvalue weighted by Gasteiger charge is 2.15. The second-order valence-corrected chi connectivity index (χ2v) is 6.26. The van der Waals surface area contributed by atoms with Crippen molar-refractivity contribution >= 4 is 0 Å². The lowest BCUT2D eigenvalue weighted by Gasteiger charge is -2.16. The summed E-state index contributed by atoms with van der Waals surface area (Å²) in [6.07, 6.45) is 1.02. The Morgan fingerprint density at radius 1 is 1.32 bits per heavy atom. The Balaban J connectivity index is 2.54. The SMILES string of the molecule is Cc1ccc(C(C)C)cc1CCNCC(C)(C)C#N. The molecule has 0 saturated carbocycles. The second-order valence-electron chi connectivity index (χ2n) is 6.26. The molecule has 19 heavy (non-hydrogen) atoms. The number of rotatable bonds is 6. The van der Waals surface area contributed by atoms with Crippen LogP contribution in [0.25, 0.3) is 0 Å². The van der Waals surface area contributed by atoms with Crippen LogP contribution in [0.4, 0.5) is 0 Å². The van der Waals surface area contributed by atoms with Crippen LogP contribution in [-0.4, -0.2) is 13.1 Å². The van der Waals surface area contributed by atoms with Crippen molar-refractivity contribution in [3.8, 4) is 6.07 Å². The molecule has 0 spiro atoms. The van der Waals surface area contributed by atoms with Gasteiger partial charge in [-0.2, -0.15) is 5.26 Å². The molecule has 104 valence electrons. The highest BCUT2D eigenvalue weighted by Crippen LogP contribution is 2.19. The normalized spacial score (nSPS) is 11.6. The lowest BCUT2D eigenvalue weighted by atomic mass is 9.95. The smallest absolute Gasteiger partial charge is 0.0697 e. The average Bonchev–Trinajstić information content (AvgIpc) is 2.36. The first-order chi connectivity index (χ1) is 8.85. The molecule has 0 radical (unpaired) electrons. The summed E-state index contributed by atoms with van der Waals surface area (Å²) in [5.74, 6) is 0.574. The summed E-state index contributed by atoms with van der Waals surface area (Å²) >= 11 is 0. The van der Waals surface area contributed by atoms with Gasteiger partial charge in [0.05, 0.1) is 11.5 Å². The van der Waals surface area contributed by atoms with Crippen LogP contribution in [0.5, 0.6) is 0 Å². The number of nitriles is 1. The van der Waals surface area contributed by atoms with Crippen molar-refractivity contribution in [1.82, 2.24) is 5.32 Å². The van der Waals surface area contributed by atoms with E-state index in [2.05, 4.69) is 50.4 Å². The largest absolute Gasteiger partial charge is 0.315 e. The van der Waals surface area contributed by atoms with Crippen molar-refractivity contribution in [1.29, 1.82) is 5.26 Å². The topological polar surface area (TPSA) is 35.8 Å². The second kappa shape index (κ2) is 6.73. The average molecular weight is 258 g/mol. The molecule has 0 fully saturated rings. The minimum atomic E-state index is -0.283. The predicted molar refractivity (Wildman–Crippen MR) is 81.2 cm³/mol. The molecule has 2 nitrogen and oxygen atoms in total. The highest BCUT2D eigenvalue weighted by atomic mass is 14.9. The van der Waals surface area contributed by atoms with Gasteiger partial charge in [0, 0.05) is 6.54 Å². The number of aryl methyl sites for hydroxylation is 1. The molecule has 1 aromatic rings. The van der Waals surface area contributed by atoms with Gasteiger partial charge < -0.3 is 5.32 Å². The third kappa shape index (κ3) is 5.04. The van der Waals surface area contributed by atoms with Gasteiger partial charge in [-0.1, -0.05) is 32.0 Å². The van der Waals surface area contributed by atoms with E-state index in [1.54, 1.807) is 0 Å². The van der Waals surface area contributed by atoms with E-state index in [1.165, 1.54) is 16.7 Å². The van der Waals surface area contributed by atoms with E-state index in [9.17, 15) is 0 Å². The standard InChI is InChI=1S/C17H26N2/c1-13(2)15-7-6-14(3)16(10-15)8-9-19-12-17(4,5)11-18/h6-7,10,13,19H,8-9,12H2,1-5H3. The van der Waals surface area contributed by atoms with Gasteiger partial charge in [-0.15, -0.1) is 0 Å². The van der Waals surface area contributed by atoms with Gasteiger partial charge in [0.2, 0.25) is 0 Å². The Hall–Kier alpha value is -1.33. The molecule has 0 bridgehead atoms. The number of benzene rings is 1. The third-order valence-corrected chi connectivity index (χ3v) is 3.48. The molecular formula is C17H26N2. The number of nitrogens with zero attached hydrogens (tertiary/aromatic N) is 1. The van der Waals surface area contributed by atoms with Crippen molar-refractivity contribution in [3.63, 3.8) is 0 Å². The fourth-order valence-electron chi connectivity index (χ4n) is 1.98. The zero-order chi connectivity index (χ0) is 14.5. The van der Waals surface area contributed by atoms with E-state index in [0.29, 0.717) is 5.92 Å². The number of hydrogen-bond acceptors (Lipinski definition) is 2. The molecule has 0 heterocycles. The van der Waals surface area contributed by atoms with E-state index in [-0.39, 0.29) is 5.41 Å². The maximum Gasteiger partial charge on any atom is 0.0697 e. The highest BCUT2D eigenvalue weighted by molar-refractivity contribution is 5.32. The molecular weight excluding hydrogens is 232 g/mol. The molecule has 0 aromatic heterocycles. The summed E-state index contributed by atoms with van der Waals surface area (Å²) in [5.41, 5.74) is 3.88. The van der Waals surface area contributed by atoms with Gasteiger partial charge in [0.25, 0.3) is 0 Å². The molecule has 0 aliphatic rings. The van der Waals surface area contributed by atoms with Crippen molar-refractivity contribution in [2.75, 3.05) is 13.1 Å². The zero-order valence-corrected chi connectivity index (χ0v) is 12.9. The fourth-order valence-corrected chi connectivity index (χ4v) is 1.98. The Bertz CT molecular complexity index is 453. The quantitative estimate of drug-likeness (QED) is 0.788. The van der Waals surface area contributed by atoms with E-state index in [0.717, 1.165) is 19.5 Å². The molecule has 0 aliphatic heterocycles. The lowest BCUT2D eigenvalue weighted by molar-refractivity contribution is 0.447. The first-order valence-corrected chi connectivity index (χ1v) is 7.07. The van der Waals surface area contributed by atoms with E-state index >= 15 is 0 Å². The van der Waals surface area contributed by atoms with E-state index in [1.807, 2.05) is 13.8 Å². The van der Waals surface area contributed by atoms with Gasteiger partial charge in [0.1, 0.15) is 0 Å². The molecule has 0 aliphatic carbocycles. The number of nitrogens with one attached hydrogen (secondary N) is 1. The number of hydrogen-bond donors (Lipinski definition) is 1. The molecule has 0 saturated heterocycles. The summed E-state index contributed by atoms with van der Waals surface area (Å²) in [7, 11) is 0. The van der Waals surface area contributed by atoms with Crippen LogP contribution >= 0.6 is 0 Å². The third-order valence-electron chi connectivity index (χ3n) is 3.48. The molecule has 1 aromatic carbocycles. The molecule has 1 N–H and O–H groups in total. The zero-order valence-electron chi connectivity index (χ0n) is 12.9. The van der Waals surface area contributed by atoms with Crippen molar-refractivity contribution in [3.05, 3.63) is 34.9 Å². The van der Waals surface area contributed by atoms with Crippen LogP contribution in [0.3, 0.4) is 0 Å². The monoisotopic (exact) mass is 258 g/mol. The van der Waals surface area contributed by atoms with Crippen LogP contribution in [0.1, 0.15) is 50.3 Å². The summed E-state index contributed by atoms with van der Waals surface area (Å²) in [4.78, 5) is 0. The van der Waals surface area contributed by atoms with E-state index in [4.69, 9.17) is 5.26 Å². The molecule has 0 amide bonds. The minimum Gasteiger partial charge on any atom is -0.315 e. The van der Waals surface area contributed by atoms with Gasteiger partial charge in [-0.05, 0) is 56.3 Å². The van der Waals surface area contributed by atoms with Crippen molar-refractivity contribution in [2.24, 2.45) is 5.41 Å². The molecule has 1 rings (SSSR count). The molecule has 2 heteroatoms. The van der Waals surface area contributed by atoms with Crippen LogP contribution in [0.15, 0.2) is 18.2 Å². The van der Waals surface area contributed by atoms with Crippen LogP contribution < -0.4 is 5.32 Å². The van der Waals surface area contributed by atoms with Crippen LogP contribution in [0, 0.1) is 23.7 Å². The van der Waals surface area contributed by atoms with Crippen molar-refractivity contribution in [2.45, 2.75) is 47.0 Å². The minimum absolute atomic E-state index is 0.283. The summed E-state index contributed by atoms with van der Waals surface area (Å²) in [6.45, 7) is 12.2. The summed E-state index contributed by atoms with van der Waals surface area (Å²) in [5, 5.41) is 12.3. The van der Waals surface area contributed by atoms with Gasteiger partial charge in [-0.25, -0.2) is 0 Å². The van der Waals surface area contributed by atoms with Crippen LogP contribution in [0.2, 0.25) is 0 Å². The Morgan fingerprint density at radius 3 is 2.58 bits per heavy atom. The Kier molecular flexibility index (Phi) is 5.57. The Morgan fingerprint density at radius 2 is 2.00 bits per heavy atom. The first kappa shape index (κ1) is 15.7. The van der Waals surface area contributed by atoms with Gasteiger partial charge >= 0.3 is 0 Å². The summed E-state index contributed by atoms with van der Waals surface area (Å²) < 4.78 is 0. The maximum absolute atomic E-state index is 8.96. The Labute approximate surface area is 117 Å².